The van der Waals surface area contributed by atoms with E-state index in [0.717, 1.165) is 23.3 Å². The molecule has 0 spiro atoms. The number of likely N-dealkylation sites (tertiary alicyclic amines) is 1. The highest BCUT2D eigenvalue weighted by Crippen LogP contribution is 2.27. The maximum absolute atomic E-state index is 13.4. The summed E-state index contributed by atoms with van der Waals surface area (Å²) in [6.07, 6.45) is 0.348. The number of rotatable bonds is 6. The smallest absolute Gasteiger partial charge is 0.239 e. The SMILES string of the molecule is NC(=O)C(C(=O)N1CCC(Oc2cc(F)c(F)c(F)c2)CC1)c1ccc(-c2ccccc2)cc1. The second-order valence-electron chi connectivity index (χ2n) is 8.17. The zero-order valence-corrected chi connectivity index (χ0v) is 18.2. The minimum Gasteiger partial charge on any atom is -0.490 e. The van der Waals surface area contributed by atoms with Crippen LogP contribution >= 0.6 is 0 Å². The molecule has 4 rings (SSSR count). The average Bonchev–Trinajstić information content (AvgIpc) is 2.84. The Labute approximate surface area is 194 Å². The van der Waals surface area contributed by atoms with Gasteiger partial charge >= 0.3 is 0 Å². The van der Waals surface area contributed by atoms with E-state index in [2.05, 4.69) is 0 Å². The normalized spacial score (nSPS) is 15.1. The summed E-state index contributed by atoms with van der Waals surface area (Å²) in [6.45, 7) is 0.559. The van der Waals surface area contributed by atoms with Crippen LogP contribution in [0.25, 0.3) is 11.1 Å². The molecule has 2 N–H and O–H groups in total. The first-order chi connectivity index (χ1) is 16.3. The van der Waals surface area contributed by atoms with Gasteiger partial charge in [0, 0.05) is 38.1 Å². The third-order valence-electron chi connectivity index (χ3n) is 5.90. The molecule has 1 unspecified atom stereocenters. The average molecular weight is 468 g/mol. The number of benzene rings is 3. The number of primary amides is 1. The van der Waals surface area contributed by atoms with Crippen LogP contribution in [-0.4, -0.2) is 35.9 Å². The first kappa shape index (κ1) is 23.4. The molecule has 1 saturated heterocycles. The standard InChI is InChI=1S/C26H23F3N2O3/c27-21-14-20(15-22(28)24(21)29)34-19-10-12-31(13-11-19)26(33)23(25(30)32)18-8-6-17(7-9-18)16-4-2-1-3-5-16/h1-9,14-15,19,23H,10-13H2,(H2,30,32). The quantitative estimate of drug-likeness (QED) is 0.430. The Balaban J connectivity index is 1.41. The Morgan fingerprint density at radius 2 is 1.44 bits per heavy atom. The van der Waals surface area contributed by atoms with Crippen molar-refractivity contribution >= 4 is 11.8 Å². The van der Waals surface area contributed by atoms with Crippen molar-refractivity contribution in [2.45, 2.75) is 24.9 Å². The molecule has 8 heteroatoms. The fraction of sp³-hybridized carbons (Fsp3) is 0.231. The topological polar surface area (TPSA) is 72.6 Å². The first-order valence-electron chi connectivity index (χ1n) is 10.9. The molecule has 176 valence electrons. The van der Waals surface area contributed by atoms with Crippen molar-refractivity contribution in [3.05, 3.63) is 89.7 Å². The van der Waals surface area contributed by atoms with E-state index in [1.54, 1.807) is 12.1 Å². The molecule has 1 fully saturated rings. The van der Waals surface area contributed by atoms with E-state index >= 15 is 0 Å². The van der Waals surface area contributed by atoms with Crippen LogP contribution in [0, 0.1) is 17.5 Å². The Morgan fingerprint density at radius 1 is 0.882 bits per heavy atom. The Kier molecular flexibility index (Phi) is 6.86. The second-order valence-corrected chi connectivity index (χ2v) is 8.17. The Hall–Kier alpha value is -3.81. The van der Waals surface area contributed by atoms with Crippen molar-refractivity contribution in [2.75, 3.05) is 13.1 Å². The minimum absolute atomic E-state index is 0.116. The Morgan fingerprint density at radius 3 is 2.00 bits per heavy atom. The molecule has 2 amide bonds. The number of hydrogen-bond acceptors (Lipinski definition) is 3. The molecular formula is C26H23F3N2O3. The van der Waals surface area contributed by atoms with E-state index in [4.69, 9.17) is 10.5 Å². The lowest BCUT2D eigenvalue weighted by molar-refractivity contribution is -0.138. The van der Waals surface area contributed by atoms with Crippen LogP contribution in [0.15, 0.2) is 66.7 Å². The second kappa shape index (κ2) is 9.99. The van der Waals surface area contributed by atoms with Crippen LogP contribution in [0.4, 0.5) is 13.2 Å². The van der Waals surface area contributed by atoms with Crippen molar-refractivity contribution in [1.29, 1.82) is 0 Å². The highest BCUT2D eigenvalue weighted by atomic mass is 19.2. The van der Waals surface area contributed by atoms with E-state index in [1.165, 1.54) is 4.90 Å². The summed E-state index contributed by atoms with van der Waals surface area (Å²) in [7, 11) is 0. The van der Waals surface area contributed by atoms with Crippen molar-refractivity contribution in [3.63, 3.8) is 0 Å². The Bertz CT molecular complexity index is 1150. The van der Waals surface area contributed by atoms with E-state index in [1.807, 2.05) is 42.5 Å². The van der Waals surface area contributed by atoms with Gasteiger partial charge in [0.2, 0.25) is 11.8 Å². The number of piperidine rings is 1. The number of amides is 2. The molecule has 0 saturated carbocycles. The lowest BCUT2D eigenvalue weighted by Crippen LogP contribution is -2.46. The van der Waals surface area contributed by atoms with E-state index in [9.17, 15) is 22.8 Å². The van der Waals surface area contributed by atoms with Crippen molar-refractivity contribution in [1.82, 2.24) is 4.90 Å². The maximum atomic E-state index is 13.4. The number of carbonyl (C=O) groups excluding carboxylic acids is 2. The summed E-state index contributed by atoms with van der Waals surface area (Å²) in [5, 5.41) is 0. The predicted octanol–water partition coefficient (Wildman–Crippen LogP) is 4.41. The largest absolute Gasteiger partial charge is 0.490 e. The van der Waals surface area contributed by atoms with E-state index in [0.29, 0.717) is 18.4 Å². The van der Waals surface area contributed by atoms with Gasteiger partial charge < -0.3 is 15.4 Å². The van der Waals surface area contributed by atoms with Gasteiger partial charge in [0.1, 0.15) is 17.8 Å². The highest BCUT2D eigenvalue weighted by molar-refractivity contribution is 6.05. The highest BCUT2D eigenvalue weighted by Gasteiger charge is 2.33. The number of ether oxygens (including phenoxy) is 1. The van der Waals surface area contributed by atoms with Gasteiger partial charge in [-0.05, 0) is 16.7 Å². The molecule has 3 aromatic rings. The fourth-order valence-corrected chi connectivity index (χ4v) is 4.10. The third kappa shape index (κ3) is 5.06. The van der Waals surface area contributed by atoms with Gasteiger partial charge in [0.25, 0.3) is 0 Å². The molecule has 1 heterocycles. The number of nitrogens with zero attached hydrogens (tertiary/aromatic N) is 1. The predicted molar refractivity (Wildman–Crippen MR) is 120 cm³/mol. The first-order valence-corrected chi connectivity index (χ1v) is 10.9. The van der Waals surface area contributed by atoms with Gasteiger partial charge in [-0.1, -0.05) is 54.6 Å². The summed E-state index contributed by atoms with van der Waals surface area (Å²) in [5.74, 6) is -6.60. The van der Waals surface area contributed by atoms with E-state index < -0.39 is 41.3 Å². The number of nitrogens with two attached hydrogens (primary N) is 1. The maximum Gasteiger partial charge on any atom is 0.239 e. The molecule has 3 aromatic carbocycles. The van der Waals surface area contributed by atoms with Crippen LogP contribution < -0.4 is 10.5 Å². The number of hydrogen-bond donors (Lipinski definition) is 1. The van der Waals surface area contributed by atoms with Crippen molar-refractivity contribution in [3.8, 4) is 16.9 Å². The van der Waals surface area contributed by atoms with Crippen LogP contribution in [0.1, 0.15) is 24.3 Å². The number of carbonyl (C=O) groups is 2. The molecule has 34 heavy (non-hydrogen) atoms. The van der Waals surface area contributed by atoms with Crippen LogP contribution in [0.3, 0.4) is 0 Å². The molecule has 1 atom stereocenters. The number of halogens is 3. The fourth-order valence-electron chi connectivity index (χ4n) is 4.10. The lowest BCUT2D eigenvalue weighted by Gasteiger charge is -2.34. The molecule has 0 aromatic heterocycles. The van der Waals surface area contributed by atoms with Crippen LogP contribution in [0.2, 0.25) is 0 Å². The zero-order chi connectivity index (χ0) is 24.2. The summed E-state index contributed by atoms with van der Waals surface area (Å²) >= 11 is 0. The summed E-state index contributed by atoms with van der Waals surface area (Å²) in [5.41, 5.74) is 8.05. The van der Waals surface area contributed by atoms with Gasteiger partial charge in [-0.15, -0.1) is 0 Å². The van der Waals surface area contributed by atoms with Crippen molar-refractivity contribution < 1.29 is 27.5 Å². The van der Waals surface area contributed by atoms with Crippen LogP contribution in [0.5, 0.6) is 5.75 Å². The lowest BCUT2D eigenvalue weighted by atomic mass is 9.93. The van der Waals surface area contributed by atoms with Gasteiger partial charge in [-0.3, -0.25) is 9.59 Å². The van der Waals surface area contributed by atoms with Gasteiger partial charge in [0.15, 0.2) is 17.5 Å². The third-order valence-corrected chi connectivity index (χ3v) is 5.90. The summed E-state index contributed by atoms with van der Waals surface area (Å²) in [4.78, 5) is 26.8. The molecule has 1 aliphatic rings. The van der Waals surface area contributed by atoms with Crippen LogP contribution in [-0.2, 0) is 9.59 Å². The zero-order valence-electron chi connectivity index (χ0n) is 18.2. The molecule has 0 aliphatic carbocycles. The molecule has 0 radical (unpaired) electrons. The van der Waals surface area contributed by atoms with Crippen molar-refractivity contribution in [2.24, 2.45) is 5.73 Å². The molecular weight excluding hydrogens is 445 g/mol. The monoisotopic (exact) mass is 468 g/mol. The van der Waals surface area contributed by atoms with Gasteiger partial charge in [-0.25, -0.2) is 13.2 Å². The van der Waals surface area contributed by atoms with E-state index in [-0.39, 0.29) is 18.8 Å². The summed E-state index contributed by atoms with van der Waals surface area (Å²) < 4.78 is 45.5. The molecule has 5 nitrogen and oxygen atoms in total. The summed E-state index contributed by atoms with van der Waals surface area (Å²) in [6, 6.07) is 18.4. The molecule has 1 aliphatic heterocycles. The molecule has 0 bridgehead atoms. The minimum atomic E-state index is -1.55. The van der Waals surface area contributed by atoms with Gasteiger partial charge in [-0.2, -0.15) is 0 Å². The van der Waals surface area contributed by atoms with Gasteiger partial charge in [0.05, 0.1) is 0 Å².